The van der Waals surface area contributed by atoms with Gasteiger partial charge in [0.25, 0.3) is 0 Å². The molecule has 1 aromatic carbocycles. The minimum atomic E-state index is -0.516. The van der Waals surface area contributed by atoms with Crippen molar-refractivity contribution in [2.75, 3.05) is 6.61 Å². The lowest BCUT2D eigenvalue weighted by atomic mass is 9.68. The number of aromatic nitrogens is 2. The lowest BCUT2D eigenvalue weighted by Gasteiger charge is -2.35. The van der Waals surface area contributed by atoms with E-state index in [1.807, 2.05) is 12.1 Å². The second-order valence-corrected chi connectivity index (χ2v) is 7.23. The number of aliphatic hydroxyl groups excluding tert-OH is 1. The molecule has 1 unspecified atom stereocenters. The summed E-state index contributed by atoms with van der Waals surface area (Å²) in [6, 6.07) is 6.43. The molecule has 0 radical (unpaired) electrons. The Bertz CT molecular complexity index is 829. The molecule has 0 saturated heterocycles. The van der Waals surface area contributed by atoms with Gasteiger partial charge in [0, 0.05) is 5.92 Å². The van der Waals surface area contributed by atoms with Crippen LogP contribution in [0.4, 0.5) is 4.39 Å². The van der Waals surface area contributed by atoms with Crippen LogP contribution < -0.4 is 0 Å². The predicted octanol–water partition coefficient (Wildman–Crippen LogP) is 3.86. The van der Waals surface area contributed by atoms with Crippen LogP contribution >= 0.6 is 11.6 Å². The molecule has 3 nitrogen and oxygen atoms in total. The molecule has 23 heavy (non-hydrogen) atoms. The summed E-state index contributed by atoms with van der Waals surface area (Å²) < 4.78 is 14.2. The molecule has 2 aromatic rings. The maximum absolute atomic E-state index is 14.2. The Kier molecular flexibility index (Phi) is 2.97. The van der Waals surface area contributed by atoms with Gasteiger partial charge >= 0.3 is 0 Å². The molecule has 0 fully saturated rings. The van der Waals surface area contributed by atoms with E-state index in [1.165, 1.54) is 6.07 Å². The van der Waals surface area contributed by atoms with Crippen LogP contribution in [-0.2, 0) is 5.41 Å². The highest BCUT2D eigenvalue weighted by Crippen LogP contribution is 2.63. The average molecular weight is 331 g/mol. The minimum Gasteiger partial charge on any atom is -0.395 e. The fraction of sp³-hybridized carbons (Fsp3) is 0.333. The number of nitrogens with zero attached hydrogens (tertiary/aromatic N) is 2. The minimum absolute atomic E-state index is 0.0194. The highest BCUT2D eigenvalue weighted by molar-refractivity contribution is 6.33. The van der Waals surface area contributed by atoms with E-state index in [9.17, 15) is 9.50 Å². The number of aliphatic hydroxyl groups is 1. The van der Waals surface area contributed by atoms with Crippen LogP contribution in [0.3, 0.4) is 0 Å². The Labute approximate surface area is 138 Å². The maximum Gasteiger partial charge on any atom is 0.134 e. The van der Waals surface area contributed by atoms with Crippen LogP contribution in [0.15, 0.2) is 36.4 Å². The molecule has 1 N–H and O–H groups in total. The van der Waals surface area contributed by atoms with Crippen molar-refractivity contribution in [2.24, 2.45) is 5.41 Å². The van der Waals surface area contributed by atoms with Crippen LogP contribution in [-0.4, -0.2) is 21.9 Å². The fourth-order valence-electron chi connectivity index (χ4n) is 4.06. The van der Waals surface area contributed by atoms with Gasteiger partial charge in [-0.25, -0.2) is 4.39 Å². The molecule has 2 atom stereocenters. The first-order valence-corrected chi connectivity index (χ1v) is 7.93. The Morgan fingerprint density at radius 3 is 2.78 bits per heavy atom. The van der Waals surface area contributed by atoms with Crippen LogP contribution in [0, 0.1) is 11.2 Å². The second-order valence-electron chi connectivity index (χ2n) is 6.82. The molecule has 0 spiro atoms. The molecule has 5 heteroatoms. The SMILES string of the molecule is CC1(C)[C@@H]2C=CC1(CO)c1nnc(-c3c(F)cccc3Cl)cc12. The van der Waals surface area contributed by atoms with Crippen molar-refractivity contribution >= 4 is 11.6 Å². The second kappa shape index (κ2) is 4.62. The molecular weight excluding hydrogens is 315 g/mol. The summed E-state index contributed by atoms with van der Waals surface area (Å²) in [5, 5.41) is 18.9. The average Bonchev–Trinajstić information content (AvgIpc) is 2.88. The fourth-order valence-corrected chi connectivity index (χ4v) is 4.32. The van der Waals surface area contributed by atoms with Crippen LogP contribution in [0.25, 0.3) is 11.3 Å². The van der Waals surface area contributed by atoms with E-state index in [0.29, 0.717) is 10.7 Å². The first-order chi connectivity index (χ1) is 10.9. The number of benzene rings is 1. The van der Waals surface area contributed by atoms with Gasteiger partial charge in [-0.2, -0.15) is 10.2 Å². The number of hydrogen-bond donors (Lipinski definition) is 1. The molecular formula is C18H16ClFN2O. The summed E-state index contributed by atoms with van der Waals surface area (Å²) in [5.41, 5.74) is 1.78. The van der Waals surface area contributed by atoms with Crippen molar-refractivity contribution in [1.82, 2.24) is 10.2 Å². The molecule has 2 aliphatic carbocycles. The van der Waals surface area contributed by atoms with E-state index in [1.54, 1.807) is 12.1 Å². The number of fused-ring (bicyclic) bond motifs is 5. The predicted molar refractivity (Wildman–Crippen MR) is 86.9 cm³/mol. The molecule has 2 aliphatic rings. The van der Waals surface area contributed by atoms with Gasteiger partial charge in [-0.3, -0.25) is 0 Å². The van der Waals surface area contributed by atoms with E-state index in [2.05, 4.69) is 30.1 Å². The largest absolute Gasteiger partial charge is 0.395 e. The van der Waals surface area contributed by atoms with Crippen molar-refractivity contribution in [3.8, 4) is 11.3 Å². The van der Waals surface area contributed by atoms with Crippen molar-refractivity contribution < 1.29 is 9.50 Å². The van der Waals surface area contributed by atoms with Crippen LogP contribution in [0.2, 0.25) is 5.02 Å². The summed E-state index contributed by atoms with van der Waals surface area (Å²) in [7, 11) is 0. The Morgan fingerprint density at radius 2 is 2.09 bits per heavy atom. The van der Waals surface area contributed by atoms with Gasteiger partial charge in [0.1, 0.15) is 5.82 Å². The molecule has 1 aromatic heterocycles. The zero-order valence-corrected chi connectivity index (χ0v) is 13.6. The molecule has 2 bridgehead atoms. The summed E-state index contributed by atoms with van der Waals surface area (Å²) in [6.07, 6.45) is 4.14. The first kappa shape index (κ1) is 14.8. The highest BCUT2D eigenvalue weighted by Gasteiger charge is 2.60. The monoisotopic (exact) mass is 330 g/mol. The normalized spacial score (nSPS) is 26.6. The smallest absolute Gasteiger partial charge is 0.134 e. The Balaban J connectivity index is 1.93. The summed E-state index contributed by atoms with van der Waals surface area (Å²) >= 11 is 6.14. The number of hydrogen-bond acceptors (Lipinski definition) is 3. The molecule has 118 valence electrons. The Hall–Kier alpha value is -1.78. The van der Waals surface area contributed by atoms with Crippen LogP contribution in [0.1, 0.15) is 31.0 Å². The third-order valence-corrected chi connectivity index (χ3v) is 5.86. The molecule has 4 rings (SSSR count). The molecule has 0 amide bonds. The number of allylic oxidation sites excluding steroid dienone is 1. The summed E-state index contributed by atoms with van der Waals surface area (Å²) in [4.78, 5) is 0. The standard InChI is InChI=1S/C18H16ClFN2O/c1-17(2)11-6-7-18(17,9-23)16-10(11)8-14(21-22-16)15-12(19)4-3-5-13(15)20/h3-8,11,23H,9H2,1-2H3/t11-,18?/m1/s1. The van der Waals surface area contributed by atoms with E-state index in [-0.39, 0.29) is 23.5 Å². The summed E-state index contributed by atoms with van der Waals surface area (Å²) in [6.45, 7) is 4.21. The highest BCUT2D eigenvalue weighted by atomic mass is 35.5. The Morgan fingerprint density at radius 1 is 1.30 bits per heavy atom. The molecule has 0 saturated carbocycles. The molecule has 1 heterocycles. The third-order valence-electron chi connectivity index (χ3n) is 5.55. The first-order valence-electron chi connectivity index (χ1n) is 7.55. The van der Waals surface area contributed by atoms with Gasteiger partial charge < -0.3 is 5.11 Å². The van der Waals surface area contributed by atoms with Gasteiger partial charge in [0.2, 0.25) is 0 Å². The molecule has 0 aliphatic heterocycles. The van der Waals surface area contributed by atoms with Crippen molar-refractivity contribution in [2.45, 2.75) is 25.2 Å². The van der Waals surface area contributed by atoms with Gasteiger partial charge in [0.15, 0.2) is 0 Å². The van der Waals surface area contributed by atoms with E-state index < -0.39 is 11.2 Å². The van der Waals surface area contributed by atoms with Crippen LogP contribution in [0.5, 0.6) is 0 Å². The third kappa shape index (κ3) is 1.68. The quantitative estimate of drug-likeness (QED) is 0.850. The number of rotatable bonds is 2. The summed E-state index contributed by atoms with van der Waals surface area (Å²) in [5.74, 6) is -0.286. The van der Waals surface area contributed by atoms with Gasteiger partial charge in [-0.1, -0.05) is 43.7 Å². The maximum atomic E-state index is 14.2. The zero-order valence-electron chi connectivity index (χ0n) is 12.8. The topological polar surface area (TPSA) is 46.0 Å². The van der Waals surface area contributed by atoms with E-state index in [0.717, 1.165) is 11.3 Å². The number of halogens is 2. The van der Waals surface area contributed by atoms with E-state index >= 15 is 0 Å². The van der Waals surface area contributed by atoms with Gasteiger partial charge in [-0.15, -0.1) is 0 Å². The van der Waals surface area contributed by atoms with Gasteiger partial charge in [-0.05, 0) is 29.2 Å². The zero-order chi connectivity index (χ0) is 16.4. The lowest BCUT2D eigenvalue weighted by Crippen LogP contribution is -2.38. The van der Waals surface area contributed by atoms with Gasteiger partial charge in [0.05, 0.1) is 34.0 Å². The van der Waals surface area contributed by atoms with Crippen molar-refractivity contribution in [1.29, 1.82) is 0 Å². The van der Waals surface area contributed by atoms with E-state index in [4.69, 9.17) is 11.6 Å². The lowest BCUT2D eigenvalue weighted by molar-refractivity contribution is 0.131. The van der Waals surface area contributed by atoms with Crippen molar-refractivity contribution in [3.05, 3.63) is 58.5 Å². The van der Waals surface area contributed by atoms with Crippen molar-refractivity contribution in [3.63, 3.8) is 0 Å².